The zero-order valence-electron chi connectivity index (χ0n) is 12.2. The minimum Gasteiger partial charge on any atom is -0.348 e. The third kappa shape index (κ3) is 3.60. The molecule has 0 saturated heterocycles. The quantitative estimate of drug-likeness (QED) is 0.822. The number of halogens is 1. The summed E-state index contributed by atoms with van der Waals surface area (Å²) in [6.07, 6.45) is 4.92. The fourth-order valence-corrected chi connectivity index (χ4v) is 5.01. The summed E-state index contributed by atoms with van der Waals surface area (Å²) in [6.45, 7) is 3.92. The maximum atomic E-state index is 12.5. The van der Waals surface area contributed by atoms with Crippen LogP contribution in [0.4, 0.5) is 0 Å². The van der Waals surface area contributed by atoms with Crippen molar-refractivity contribution in [3.63, 3.8) is 0 Å². The number of carbonyl (C=O) groups excluding carboxylic acids is 1. The van der Waals surface area contributed by atoms with E-state index in [9.17, 15) is 13.2 Å². The van der Waals surface area contributed by atoms with Crippen molar-refractivity contribution in [2.75, 3.05) is 0 Å². The monoisotopic (exact) mass is 349 g/mol. The second-order valence-electron chi connectivity index (χ2n) is 5.63. The maximum absolute atomic E-state index is 12.5. The average Bonchev–Trinajstić information content (AvgIpc) is 3.08. The Kier molecular flexibility index (Phi) is 5.00. The summed E-state index contributed by atoms with van der Waals surface area (Å²) in [7, 11) is 1.63. The van der Waals surface area contributed by atoms with Gasteiger partial charge < -0.3 is 5.32 Å². The lowest BCUT2D eigenvalue weighted by molar-refractivity contribution is -0.131. The summed E-state index contributed by atoms with van der Waals surface area (Å²) in [6, 6.07) is 2.98. The van der Waals surface area contributed by atoms with Gasteiger partial charge in [-0.3, -0.25) is 4.79 Å². The first-order valence-electron chi connectivity index (χ1n) is 7.14. The van der Waals surface area contributed by atoms with Crippen LogP contribution in [0, 0.1) is 5.41 Å². The molecule has 0 bridgehead atoms. The van der Waals surface area contributed by atoms with Crippen molar-refractivity contribution >= 4 is 37.0 Å². The molecule has 1 aromatic heterocycles. The topological polar surface area (TPSA) is 63.2 Å². The van der Waals surface area contributed by atoms with Crippen LogP contribution in [0.25, 0.3) is 0 Å². The van der Waals surface area contributed by atoms with E-state index in [1.807, 2.05) is 6.92 Å². The van der Waals surface area contributed by atoms with Gasteiger partial charge in [0.25, 0.3) is 9.05 Å². The Bertz CT molecular complexity index is 618. The Labute approximate surface area is 134 Å². The lowest BCUT2D eigenvalue weighted by Gasteiger charge is -2.27. The van der Waals surface area contributed by atoms with Crippen LogP contribution in [-0.2, 0) is 13.8 Å². The molecule has 1 aromatic rings. The normalized spacial score (nSPS) is 19.4. The number of amides is 1. The third-order valence-electron chi connectivity index (χ3n) is 4.34. The first kappa shape index (κ1) is 16.8. The van der Waals surface area contributed by atoms with Gasteiger partial charge in [-0.15, -0.1) is 11.3 Å². The lowest BCUT2D eigenvalue weighted by Crippen LogP contribution is -2.39. The van der Waals surface area contributed by atoms with Crippen molar-refractivity contribution < 1.29 is 13.2 Å². The standard InChI is InChI=1S/C14H20ClNO3S2/c1-3-14(8-4-5-9-14)13(17)16-10(2)11-6-7-12(20-11)21(15,18)19/h6-7,10H,3-5,8-9H2,1-2H3,(H,16,17). The highest BCUT2D eigenvalue weighted by atomic mass is 35.7. The predicted molar refractivity (Wildman–Crippen MR) is 85.1 cm³/mol. The SMILES string of the molecule is CCC1(C(=O)NC(C)c2ccc(S(=O)(=O)Cl)s2)CCCC1. The van der Waals surface area contributed by atoms with Crippen molar-refractivity contribution in [1.82, 2.24) is 5.32 Å². The Hall–Kier alpha value is -0.590. The smallest absolute Gasteiger partial charge is 0.270 e. The van der Waals surface area contributed by atoms with Gasteiger partial charge >= 0.3 is 0 Å². The molecule has 4 nitrogen and oxygen atoms in total. The molecular weight excluding hydrogens is 330 g/mol. The van der Waals surface area contributed by atoms with Gasteiger partial charge in [-0.05, 0) is 38.3 Å². The Morgan fingerprint density at radius 2 is 2.05 bits per heavy atom. The molecule has 1 aliphatic carbocycles. The zero-order valence-corrected chi connectivity index (χ0v) is 14.6. The van der Waals surface area contributed by atoms with Gasteiger partial charge in [0.2, 0.25) is 5.91 Å². The molecule has 7 heteroatoms. The number of hydrogen-bond acceptors (Lipinski definition) is 4. The molecule has 1 atom stereocenters. The molecule has 1 unspecified atom stereocenters. The van der Waals surface area contributed by atoms with Gasteiger partial charge in [0.1, 0.15) is 4.21 Å². The Morgan fingerprint density at radius 3 is 2.52 bits per heavy atom. The molecule has 21 heavy (non-hydrogen) atoms. The van der Waals surface area contributed by atoms with Gasteiger partial charge in [-0.25, -0.2) is 8.42 Å². The predicted octanol–water partition coefficient (Wildman–Crippen LogP) is 3.82. The molecule has 1 N–H and O–H groups in total. The van der Waals surface area contributed by atoms with Crippen LogP contribution in [-0.4, -0.2) is 14.3 Å². The van der Waals surface area contributed by atoms with Crippen molar-refractivity contribution in [3.05, 3.63) is 17.0 Å². The molecular formula is C14H20ClNO3S2. The van der Waals surface area contributed by atoms with Crippen LogP contribution in [0.2, 0.25) is 0 Å². The average molecular weight is 350 g/mol. The van der Waals surface area contributed by atoms with Crippen LogP contribution in [0.15, 0.2) is 16.3 Å². The van der Waals surface area contributed by atoms with Gasteiger partial charge in [0.05, 0.1) is 6.04 Å². The summed E-state index contributed by atoms with van der Waals surface area (Å²) in [5, 5.41) is 3.03. The Balaban J connectivity index is 2.09. The fourth-order valence-electron chi connectivity index (χ4n) is 2.91. The summed E-state index contributed by atoms with van der Waals surface area (Å²) in [4.78, 5) is 13.3. The molecule has 1 heterocycles. The van der Waals surface area contributed by atoms with E-state index in [-0.39, 0.29) is 21.6 Å². The number of rotatable bonds is 5. The highest BCUT2D eigenvalue weighted by Gasteiger charge is 2.39. The molecule has 0 aliphatic heterocycles. The van der Waals surface area contributed by atoms with E-state index in [0.717, 1.165) is 48.3 Å². The molecule has 1 saturated carbocycles. The summed E-state index contributed by atoms with van der Waals surface area (Å²) in [5.41, 5.74) is -0.243. The second kappa shape index (κ2) is 6.26. The summed E-state index contributed by atoms with van der Waals surface area (Å²) >= 11 is 1.10. The number of carbonyl (C=O) groups is 1. The lowest BCUT2D eigenvalue weighted by atomic mass is 9.82. The largest absolute Gasteiger partial charge is 0.348 e. The van der Waals surface area contributed by atoms with Gasteiger partial charge in [0, 0.05) is 21.0 Å². The number of nitrogens with one attached hydrogen (secondary N) is 1. The number of hydrogen-bond donors (Lipinski definition) is 1. The van der Waals surface area contributed by atoms with Crippen LogP contribution < -0.4 is 5.32 Å². The molecule has 0 radical (unpaired) electrons. The van der Waals surface area contributed by atoms with Crippen molar-refractivity contribution in [2.45, 2.75) is 56.2 Å². The van der Waals surface area contributed by atoms with Crippen molar-refractivity contribution in [3.8, 4) is 0 Å². The molecule has 1 aliphatic rings. The van der Waals surface area contributed by atoms with E-state index in [4.69, 9.17) is 10.7 Å². The minimum atomic E-state index is -3.70. The molecule has 0 spiro atoms. The molecule has 118 valence electrons. The van der Waals surface area contributed by atoms with E-state index in [1.54, 1.807) is 6.07 Å². The van der Waals surface area contributed by atoms with E-state index in [0.29, 0.717) is 0 Å². The number of thiophene rings is 1. The minimum absolute atomic E-state index is 0.0821. The molecule has 1 fully saturated rings. The van der Waals surface area contributed by atoms with Crippen molar-refractivity contribution in [1.29, 1.82) is 0 Å². The summed E-state index contributed by atoms with van der Waals surface area (Å²) in [5.74, 6) is 0.0821. The first-order chi connectivity index (χ1) is 9.78. The van der Waals surface area contributed by atoms with Crippen molar-refractivity contribution in [2.24, 2.45) is 5.41 Å². The van der Waals surface area contributed by atoms with Crippen LogP contribution in [0.1, 0.15) is 56.9 Å². The maximum Gasteiger partial charge on any atom is 0.270 e. The van der Waals surface area contributed by atoms with E-state index < -0.39 is 9.05 Å². The molecule has 0 aromatic carbocycles. The Morgan fingerprint density at radius 1 is 1.43 bits per heavy atom. The first-order valence-corrected chi connectivity index (χ1v) is 10.3. The van der Waals surface area contributed by atoms with Gasteiger partial charge in [0.15, 0.2) is 0 Å². The second-order valence-corrected chi connectivity index (χ2v) is 9.54. The summed E-state index contributed by atoms with van der Waals surface area (Å²) < 4.78 is 22.7. The molecule has 1 amide bonds. The van der Waals surface area contributed by atoms with E-state index in [2.05, 4.69) is 12.2 Å². The molecule has 2 rings (SSSR count). The van der Waals surface area contributed by atoms with E-state index in [1.165, 1.54) is 6.07 Å². The fraction of sp³-hybridized carbons (Fsp3) is 0.643. The highest BCUT2D eigenvalue weighted by molar-refractivity contribution is 8.15. The third-order valence-corrected chi connectivity index (χ3v) is 7.70. The van der Waals surface area contributed by atoms with Gasteiger partial charge in [-0.2, -0.15) is 0 Å². The van der Waals surface area contributed by atoms with Gasteiger partial charge in [-0.1, -0.05) is 19.8 Å². The highest BCUT2D eigenvalue weighted by Crippen LogP contribution is 2.41. The zero-order chi connectivity index (χ0) is 15.7. The van der Waals surface area contributed by atoms with E-state index >= 15 is 0 Å². The van der Waals surface area contributed by atoms with Crippen LogP contribution in [0.3, 0.4) is 0 Å². The van der Waals surface area contributed by atoms with Crippen LogP contribution >= 0.6 is 22.0 Å². The van der Waals surface area contributed by atoms with Crippen LogP contribution in [0.5, 0.6) is 0 Å².